The quantitative estimate of drug-likeness (QED) is 0.496. The van der Waals surface area contributed by atoms with Gasteiger partial charge in [-0.15, -0.1) is 0 Å². The van der Waals surface area contributed by atoms with Gasteiger partial charge in [0.2, 0.25) is 0 Å². The van der Waals surface area contributed by atoms with E-state index in [0.29, 0.717) is 10.9 Å². The van der Waals surface area contributed by atoms with E-state index in [-0.39, 0.29) is 11.6 Å². The van der Waals surface area contributed by atoms with Gasteiger partial charge in [0, 0.05) is 26.4 Å². The molecule has 0 aliphatic carbocycles. The molecule has 0 amide bonds. The Balaban J connectivity index is 1.88. The second-order valence-corrected chi connectivity index (χ2v) is 6.57. The summed E-state index contributed by atoms with van der Waals surface area (Å²) in [6, 6.07) is 4.96. The summed E-state index contributed by atoms with van der Waals surface area (Å²) < 4.78 is 20.7. The third-order valence-electron chi connectivity index (χ3n) is 3.94. The van der Waals surface area contributed by atoms with Crippen LogP contribution in [0.4, 0.5) is 10.2 Å². The van der Waals surface area contributed by atoms with Crippen LogP contribution >= 0.6 is 11.8 Å². The number of hydrogen-bond donors (Lipinski definition) is 0. The Hall–Kier alpha value is -2.35. The van der Waals surface area contributed by atoms with E-state index in [4.69, 9.17) is 4.74 Å². The van der Waals surface area contributed by atoms with Gasteiger partial charge < -0.3 is 14.2 Å². The fourth-order valence-corrected chi connectivity index (χ4v) is 3.18. The number of anilines is 1. The molecule has 0 N–H and O–H groups in total. The zero-order valence-corrected chi connectivity index (χ0v) is 15.5. The number of thioether (sulfide) groups is 1. The van der Waals surface area contributed by atoms with Gasteiger partial charge in [0.1, 0.15) is 0 Å². The first-order chi connectivity index (χ1) is 12.0. The molecule has 0 saturated heterocycles. The molecule has 25 heavy (non-hydrogen) atoms. The average Bonchev–Trinajstić information content (AvgIpc) is 3.00. The summed E-state index contributed by atoms with van der Waals surface area (Å²) in [5.74, 6) is 1.25. The van der Waals surface area contributed by atoms with E-state index >= 15 is 0 Å². The zero-order chi connectivity index (χ0) is 18.0. The Morgan fingerprint density at radius 3 is 2.80 bits per heavy atom. The molecule has 8 heteroatoms. The number of rotatable bonds is 6. The lowest BCUT2D eigenvalue weighted by atomic mass is 10.2. The minimum atomic E-state index is -0.366. The number of aryl methyl sites for hydroxylation is 1. The first-order valence-corrected chi connectivity index (χ1v) is 8.87. The van der Waals surface area contributed by atoms with Crippen molar-refractivity contribution in [3.63, 3.8) is 0 Å². The first-order valence-electron chi connectivity index (χ1n) is 7.89. The van der Waals surface area contributed by atoms with E-state index in [1.165, 1.54) is 24.9 Å². The van der Waals surface area contributed by atoms with Gasteiger partial charge in [-0.3, -0.25) is 0 Å². The Labute approximate surface area is 150 Å². The van der Waals surface area contributed by atoms with E-state index in [9.17, 15) is 4.39 Å². The second kappa shape index (κ2) is 7.26. The fourth-order valence-electron chi connectivity index (χ4n) is 2.40. The SMILES string of the molecule is CCN(C)c1nc(SCc2ccc(OC)c(F)c2)nc2c1ncn2C. The maximum absolute atomic E-state index is 13.8. The summed E-state index contributed by atoms with van der Waals surface area (Å²) >= 11 is 1.47. The van der Waals surface area contributed by atoms with E-state index in [2.05, 4.69) is 21.9 Å². The van der Waals surface area contributed by atoms with Crippen molar-refractivity contribution in [2.24, 2.45) is 7.05 Å². The molecule has 0 radical (unpaired) electrons. The van der Waals surface area contributed by atoms with Crippen LogP contribution in [-0.4, -0.2) is 40.2 Å². The Bertz CT molecular complexity index is 898. The molecule has 6 nitrogen and oxygen atoms in total. The van der Waals surface area contributed by atoms with Crippen molar-refractivity contribution < 1.29 is 9.13 Å². The van der Waals surface area contributed by atoms with Crippen molar-refractivity contribution in [3.05, 3.63) is 35.9 Å². The average molecular weight is 361 g/mol. The standard InChI is InChI=1S/C17H20FN5OS/c1-5-22(2)15-14-16(23(3)10-19-14)21-17(20-15)25-9-11-6-7-13(24-4)12(18)8-11/h6-8,10H,5,9H2,1-4H3. The maximum atomic E-state index is 13.8. The van der Waals surface area contributed by atoms with Gasteiger partial charge in [-0.25, -0.2) is 19.3 Å². The van der Waals surface area contributed by atoms with Gasteiger partial charge in [0.25, 0.3) is 0 Å². The molecule has 2 aromatic heterocycles. The number of halogens is 1. The topological polar surface area (TPSA) is 56.1 Å². The third-order valence-corrected chi connectivity index (χ3v) is 4.86. The lowest BCUT2D eigenvalue weighted by Gasteiger charge is -2.16. The van der Waals surface area contributed by atoms with Crippen LogP contribution in [0, 0.1) is 5.82 Å². The second-order valence-electron chi connectivity index (χ2n) is 5.63. The molecular formula is C17H20FN5OS. The van der Waals surface area contributed by atoms with Crippen molar-refractivity contribution in [3.8, 4) is 5.75 Å². The highest BCUT2D eigenvalue weighted by atomic mass is 32.2. The Morgan fingerprint density at radius 1 is 1.32 bits per heavy atom. The zero-order valence-electron chi connectivity index (χ0n) is 14.7. The summed E-state index contributed by atoms with van der Waals surface area (Å²) in [7, 11) is 5.34. The van der Waals surface area contributed by atoms with Crippen LogP contribution in [0.1, 0.15) is 12.5 Å². The van der Waals surface area contributed by atoms with Crippen LogP contribution in [0.25, 0.3) is 11.2 Å². The van der Waals surface area contributed by atoms with E-state index in [1.54, 1.807) is 12.4 Å². The smallest absolute Gasteiger partial charge is 0.191 e. The van der Waals surface area contributed by atoms with Crippen molar-refractivity contribution in [2.75, 3.05) is 25.6 Å². The summed E-state index contributed by atoms with van der Waals surface area (Å²) in [4.78, 5) is 15.7. The Morgan fingerprint density at radius 2 is 2.12 bits per heavy atom. The predicted octanol–water partition coefficient (Wildman–Crippen LogP) is 3.26. The van der Waals surface area contributed by atoms with Gasteiger partial charge in [-0.1, -0.05) is 17.8 Å². The van der Waals surface area contributed by atoms with Gasteiger partial charge in [-0.05, 0) is 24.6 Å². The Kier molecular flexibility index (Phi) is 5.08. The fraction of sp³-hybridized carbons (Fsp3) is 0.353. The number of benzene rings is 1. The summed E-state index contributed by atoms with van der Waals surface area (Å²) in [5, 5.41) is 0.641. The van der Waals surface area contributed by atoms with Crippen LogP contribution in [0.3, 0.4) is 0 Å². The van der Waals surface area contributed by atoms with Gasteiger partial charge in [0.15, 0.2) is 33.7 Å². The van der Waals surface area contributed by atoms with Crippen LogP contribution in [0.15, 0.2) is 29.7 Å². The molecule has 0 atom stereocenters. The number of aromatic nitrogens is 4. The molecule has 0 unspecified atom stereocenters. The van der Waals surface area contributed by atoms with Crippen molar-refractivity contribution in [2.45, 2.75) is 17.8 Å². The molecule has 0 aliphatic rings. The van der Waals surface area contributed by atoms with Gasteiger partial charge >= 0.3 is 0 Å². The molecule has 0 spiro atoms. The predicted molar refractivity (Wildman–Crippen MR) is 97.8 cm³/mol. The highest BCUT2D eigenvalue weighted by molar-refractivity contribution is 7.98. The van der Waals surface area contributed by atoms with Crippen molar-refractivity contribution in [1.29, 1.82) is 0 Å². The highest BCUT2D eigenvalue weighted by Crippen LogP contribution is 2.28. The van der Waals surface area contributed by atoms with Crippen LogP contribution in [0.5, 0.6) is 5.75 Å². The monoisotopic (exact) mass is 361 g/mol. The number of methoxy groups -OCH3 is 1. The minimum absolute atomic E-state index is 0.244. The van der Waals surface area contributed by atoms with Crippen molar-refractivity contribution >= 4 is 28.7 Å². The number of nitrogens with zero attached hydrogens (tertiary/aromatic N) is 5. The maximum Gasteiger partial charge on any atom is 0.191 e. The summed E-state index contributed by atoms with van der Waals surface area (Å²) in [6.45, 7) is 2.88. The van der Waals surface area contributed by atoms with Crippen LogP contribution in [-0.2, 0) is 12.8 Å². The molecular weight excluding hydrogens is 341 g/mol. The van der Waals surface area contributed by atoms with E-state index < -0.39 is 0 Å². The number of imidazole rings is 1. The molecule has 3 rings (SSSR count). The normalized spacial score (nSPS) is 11.1. The number of hydrogen-bond acceptors (Lipinski definition) is 6. The van der Waals surface area contributed by atoms with E-state index in [0.717, 1.165) is 29.1 Å². The minimum Gasteiger partial charge on any atom is -0.494 e. The lowest BCUT2D eigenvalue weighted by molar-refractivity contribution is 0.386. The molecule has 3 aromatic rings. The van der Waals surface area contributed by atoms with Gasteiger partial charge in [-0.2, -0.15) is 0 Å². The summed E-state index contributed by atoms with van der Waals surface area (Å²) in [5.41, 5.74) is 2.42. The molecule has 2 heterocycles. The number of fused-ring (bicyclic) bond motifs is 1. The summed E-state index contributed by atoms with van der Waals surface area (Å²) in [6.07, 6.45) is 1.74. The molecule has 1 aromatic carbocycles. The highest BCUT2D eigenvalue weighted by Gasteiger charge is 2.15. The van der Waals surface area contributed by atoms with Crippen LogP contribution in [0.2, 0.25) is 0 Å². The molecule has 132 valence electrons. The lowest BCUT2D eigenvalue weighted by Crippen LogP contribution is -2.18. The van der Waals surface area contributed by atoms with Crippen molar-refractivity contribution in [1.82, 2.24) is 19.5 Å². The molecule has 0 fully saturated rings. The first kappa shape index (κ1) is 17.5. The molecule has 0 saturated carbocycles. The molecule has 0 bridgehead atoms. The van der Waals surface area contributed by atoms with Crippen LogP contribution < -0.4 is 9.64 Å². The largest absolute Gasteiger partial charge is 0.494 e. The third kappa shape index (κ3) is 3.53. The molecule has 0 aliphatic heterocycles. The number of ether oxygens (including phenoxy) is 1. The van der Waals surface area contributed by atoms with E-state index in [1.807, 2.05) is 29.6 Å². The van der Waals surface area contributed by atoms with Gasteiger partial charge in [0.05, 0.1) is 13.4 Å².